The predicted octanol–water partition coefficient (Wildman–Crippen LogP) is 3.54. The van der Waals surface area contributed by atoms with Crippen molar-refractivity contribution in [1.82, 2.24) is 19.7 Å². The lowest BCUT2D eigenvalue weighted by Crippen LogP contribution is -2.19. The SMILES string of the molecule is C/C(=C\c1ccnn1CC1CCC1)c1nc2sccc2c(=O)[nH]1. The minimum Gasteiger partial charge on any atom is -0.306 e. The molecule has 6 heteroatoms. The zero-order chi connectivity index (χ0) is 15.8. The molecule has 23 heavy (non-hydrogen) atoms. The molecule has 1 N–H and O–H groups in total. The van der Waals surface area contributed by atoms with Crippen LogP contribution in [0.4, 0.5) is 0 Å². The van der Waals surface area contributed by atoms with Crippen LogP contribution >= 0.6 is 11.3 Å². The van der Waals surface area contributed by atoms with Crippen molar-refractivity contribution in [2.24, 2.45) is 5.92 Å². The normalized spacial score (nSPS) is 16.0. The molecule has 0 aliphatic heterocycles. The first-order valence-corrected chi connectivity index (χ1v) is 8.76. The fourth-order valence-corrected chi connectivity index (χ4v) is 3.64. The number of H-pyrrole nitrogens is 1. The zero-order valence-corrected chi connectivity index (χ0v) is 13.8. The number of rotatable bonds is 4. The van der Waals surface area contributed by atoms with Gasteiger partial charge in [0.1, 0.15) is 10.7 Å². The van der Waals surface area contributed by atoms with E-state index in [1.54, 1.807) is 0 Å². The summed E-state index contributed by atoms with van der Waals surface area (Å²) in [6, 6.07) is 3.81. The summed E-state index contributed by atoms with van der Waals surface area (Å²) in [6.45, 7) is 2.94. The smallest absolute Gasteiger partial charge is 0.259 e. The number of thiophene rings is 1. The van der Waals surface area contributed by atoms with Gasteiger partial charge in [0, 0.05) is 12.7 Å². The van der Waals surface area contributed by atoms with E-state index < -0.39 is 0 Å². The molecule has 0 bridgehead atoms. The van der Waals surface area contributed by atoms with Crippen LogP contribution in [0.2, 0.25) is 0 Å². The maximum absolute atomic E-state index is 12.1. The molecule has 1 fully saturated rings. The van der Waals surface area contributed by atoms with Gasteiger partial charge in [-0.15, -0.1) is 11.3 Å². The second-order valence-electron chi connectivity index (χ2n) is 6.12. The Hall–Kier alpha value is -2.21. The van der Waals surface area contributed by atoms with E-state index in [1.165, 1.54) is 30.6 Å². The van der Waals surface area contributed by atoms with Crippen LogP contribution in [0.3, 0.4) is 0 Å². The Morgan fingerprint density at radius 1 is 1.48 bits per heavy atom. The fourth-order valence-electron chi connectivity index (χ4n) is 2.88. The van der Waals surface area contributed by atoms with E-state index in [0.717, 1.165) is 28.6 Å². The number of nitrogens with zero attached hydrogens (tertiary/aromatic N) is 3. The van der Waals surface area contributed by atoms with Crippen molar-refractivity contribution in [2.75, 3.05) is 0 Å². The van der Waals surface area contributed by atoms with Gasteiger partial charge in [-0.25, -0.2) is 4.98 Å². The molecule has 1 saturated carbocycles. The van der Waals surface area contributed by atoms with E-state index in [9.17, 15) is 4.79 Å². The van der Waals surface area contributed by atoms with Crippen LogP contribution in [-0.4, -0.2) is 19.7 Å². The van der Waals surface area contributed by atoms with Crippen molar-refractivity contribution in [3.05, 3.63) is 45.6 Å². The van der Waals surface area contributed by atoms with Crippen molar-refractivity contribution in [1.29, 1.82) is 0 Å². The summed E-state index contributed by atoms with van der Waals surface area (Å²) >= 11 is 1.49. The highest BCUT2D eigenvalue weighted by Gasteiger charge is 2.19. The molecule has 3 aromatic heterocycles. The number of aromatic nitrogens is 4. The number of hydrogen-bond donors (Lipinski definition) is 1. The number of aromatic amines is 1. The van der Waals surface area contributed by atoms with Gasteiger partial charge in [-0.2, -0.15) is 5.10 Å². The molecule has 0 spiro atoms. The van der Waals surface area contributed by atoms with Gasteiger partial charge in [-0.1, -0.05) is 6.42 Å². The minimum absolute atomic E-state index is 0.0815. The molecule has 118 valence electrons. The topological polar surface area (TPSA) is 63.6 Å². The van der Waals surface area contributed by atoms with Gasteiger partial charge >= 0.3 is 0 Å². The molecular weight excluding hydrogens is 308 g/mol. The molecule has 0 saturated heterocycles. The first-order valence-electron chi connectivity index (χ1n) is 7.89. The Balaban J connectivity index is 1.67. The molecule has 5 nitrogen and oxygen atoms in total. The number of hydrogen-bond acceptors (Lipinski definition) is 4. The third-order valence-corrected chi connectivity index (χ3v) is 5.28. The van der Waals surface area contributed by atoms with E-state index >= 15 is 0 Å². The van der Waals surface area contributed by atoms with Crippen LogP contribution in [0.5, 0.6) is 0 Å². The molecule has 1 aliphatic rings. The van der Waals surface area contributed by atoms with Crippen molar-refractivity contribution in [3.63, 3.8) is 0 Å². The summed E-state index contributed by atoms with van der Waals surface area (Å²) < 4.78 is 2.05. The summed E-state index contributed by atoms with van der Waals surface area (Å²) in [5.74, 6) is 1.38. The van der Waals surface area contributed by atoms with Gasteiger partial charge in [0.25, 0.3) is 5.56 Å². The van der Waals surface area contributed by atoms with E-state index in [4.69, 9.17) is 0 Å². The first kappa shape index (κ1) is 14.4. The van der Waals surface area contributed by atoms with Crippen molar-refractivity contribution in [3.8, 4) is 0 Å². The summed E-state index contributed by atoms with van der Waals surface area (Å²) in [6.07, 6.45) is 7.81. The maximum atomic E-state index is 12.1. The van der Waals surface area contributed by atoms with E-state index in [0.29, 0.717) is 11.2 Å². The van der Waals surface area contributed by atoms with Crippen LogP contribution in [0, 0.1) is 5.92 Å². The fraction of sp³-hybridized carbons (Fsp3) is 0.353. The lowest BCUT2D eigenvalue weighted by Gasteiger charge is -2.25. The molecule has 3 heterocycles. The Labute approximate surface area is 137 Å². The monoisotopic (exact) mass is 326 g/mol. The maximum Gasteiger partial charge on any atom is 0.259 e. The predicted molar refractivity (Wildman–Crippen MR) is 93.4 cm³/mol. The molecule has 3 aromatic rings. The van der Waals surface area contributed by atoms with Gasteiger partial charge in [-0.3, -0.25) is 9.48 Å². The lowest BCUT2D eigenvalue weighted by atomic mass is 9.85. The number of nitrogens with one attached hydrogen (secondary N) is 1. The molecular formula is C17H18N4OS. The standard InChI is InChI=1S/C17H18N4OS/c1-11(15-19-16(22)14-6-8-23-17(14)20-15)9-13-5-7-18-21(13)10-12-3-2-4-12/h5-9,12H,2-4,10H2,1H3,(H,19,20,22)/b11-9+. The highest BCUT2D eigenvalue weighted by Crippen LogP contribution is 2.28. The van der Waals surface area contributed by atoms with Gasteiger partial charge in [0.2, 0.25) is 0 Å². The highest BCUT2D eigenvalue weighted by molar-refractivity contribution is 7.16. The Morgan fingerprint density at radius 2 is 2.35 bits per heavy atom. The van der Waals surface area contributed by atoms with Crippen LogP contribution in [0.15, 0.2) is 28.5 Å². The second-order valence-corrected chi connectivity index (χ2v) is 7.01. The Morgan fingerprint density at radius 3 is 3.13 bits per heavy atom. The molecule has 0 unspecified atom stereocenters. The molecule has 0 aromatic carbocycles. The van der Waals surface area contributed by atoms with E-state index in [1.807, 2.05) is 36.7 Å². The largest absolute Gasteiger partial charge is 0.306 e. The average molecular weight is 326 g/mol. The molecule has 0 radical (unpaired) electrons. The average Bonchev–Trinajstić information content (AvgIpc) is 3.12. The van der Waals surface area contributed by atoms with Gasteiger partial charge < -0.3 is 4.98 Å². The lowest BCUT2D eigenvalue weighted by molar-refractivity contribution is 0.266. The summed E-state index contributed by atoms with van der Waals surface area (Å²) in [5.41, 5.74) is 1.91. The van der Waals surface area contributed by atoms with Gasteiger partial charge in [0.05, 0.1) is 11.1 Å². The Bertz CT molecular complexity index is 929. The van der Waals surface area contributed by atoms with Crippen molar-refractivity contribution in [2.45, 2.75) is 32.7 Å². The number of fused-ring (bicyclic) bond motifs is 1. The van der Waals surface area contributed by atoms with Crippen molar-refractivity contribution < 1.29 is 0 Å². The summed E-state index contributed by atoms with van der Waals surface area (Å²) in [5, 5.41) is 6.97. The number of allylic oxidation sites excluding steroid dienone is 1. The third kappa shape index (κ3) is 2.74. The molecule has 0 amide bonds. The van der Waals surface area contributed by atoms with Crippen LogP contribution in [0.25, 0.3) is 21.9 Å². The summed E-state index contributed by atoms with van der Waals surface area (Å²) in [4.78, 5) is 20.3. The third-order valence-electron chi connectivity index (χ3n) is 4.48. The first-order chi connectivity index (χ1) is 11.2. The summed E-state index contributed by atoms with van der Waals surface area (Å²) in [7, 11) is 0. The Kier molecular flexibility index (Phi) is 3.61. The van der Waals surface area contributed by atoms with Gasteiger partial charge in [0.15, 0.2) is 0 Å². The van der Waals surface area contributed by atoms with Gasteiger partial charge in [-0.05, 0) is 54.8 Å². The van der Waals surface area contributed by atoms with Crippen LogP contribution in [-0.2, 0) is 6.54 Å². The minimum atomic E-state index is -0.0815. The zero-order valence-electron chi connectivity index (χ0n) is 13.0. The van der Waals surface area contributed by atoms with Crippen LogP contribution < -0.4 is 5.56 Å². The molecule has 4 rings (SSSR count). The second kappa shape index (κ2) is 5.77. The van der Waals surface area contributed by atoms with Crippen molar-refractivity contribution >= 4 is 33.2 Å². The highest BCUT2D eigenvalue weighted by atomic mass is 32.1. The van der Waals surface area contributed by atoms with E-state index in [-0.39, 0.29) is 5.56 Å². The van der Waals surface area contributed by atoms with Crippen LogP contribution in [0.1, 0.15) is 37.7 Å². The van der Waals surface area contributed by atoms with E-state index in [2.05, 4.69) is 19.7 Å². The quantitative estimate of drug-likeness (QED) is 0.797. The molecule has 1 aliphatic carbocycles. The molecule has 0 atom stereocenters.